The number of hydrogen-bond donors (Lipinski definition) is 2. The summed E-state index contributed by atoms with van der Waals surface area (Å²) in [7, 11) is 3.68. The Bertz CT molecular complexity index is 833. The highest BCUT2D eigenvalue weighted by Gasteiger charge is 2.20. The van der Waals surface area contributed by atoms with Crippen molar-refractivity contribution in [2.75, 3.05) is 52.2 Å². The molecule has 9 heteroatoms. The number of carbonyl (C=O) groups is 2. The van der Waals surface area contributed by atoms with Crippen LogP contribution in [-0.4, -0.2) is 73.6 Å². The predicted octanol–water partition coefficient (Wildman–Crippen LogP) is 1.83. The van der Waals surface area contributed by atoms with E-state index in [4.69, 9.17) is 4.74 Å². The number of benzene rings is 1. The summed E-state index contributed by atoms with van der Waals surface area (Å²) < 4.78 is 5.20. The molecule has 1 aromatic heterocycles. The molecule has 0 radical (unpaired) electrons. The van der Waals surface area contributed by atoms with E-state index >= 15 is 0 Å². The van der Waals surface area contributed by atoms with Gasteiger partial charge < -0.3 is 19.9 Å². The Morgan fingerprint density at radius 1 is 1.24 bits per heavy atom. The number of nitrogens with one attached hydrogen (secondary N) is 2. The monoisotopic (exact) mass is 417 g/mol. The molecule has 1 aliphatic heterocycles. The quantitative estimate of drug-likeness (QED) is 0.718. The highest BCUT2D eigenvalue weighted by molar-refractivity contribution is 7.13. The summed E-state index contributed by atoms with van der Waals surface area (Å²) in [6.07, 6.45) is 0.922. The molecular formula is C20H27N5O3S. The fraction of sp³-hybridized carbons (Fsp3) is 0.450. The molecule has 1 saturated heterocycles. The van der Waals surface area contributed by atoms with E-state index in [1.54, 1.807) is 17.4 Å². The molecule has 156 valence electrons. The van der Waals surface area contributed by atoms with Crippen LogP contribution in [0.5, 0.6) is 5.75 Å². The zero-order chi connectivity index (χ0) is 20.6. The standard InChI is InChI=1S/C20H27N5O3S/c1-24-8-10-25(11-9-24)20(27)23-19-22-16(14-29-19)13-18(26)21-7-6-15-4-3-5-17(12-15)28-2/h3-5,12,14H,6-11,13H2,1-2H3,(H,21,26)(H,22,23,27). The van der Waals surface area contributed by atoms with Gasteiger partial charge in [-0.05, 0) is 31.2 Å². The van der Waals surface area contributed by atoms with Gasteiger partial charge in [-0.25, -0.2) is 9.78 Å². The average molecular weight is 418 g/mol. The first kappa shape index (κ1) is 21.1. The van der Waals surface area contributed by atoms with E-state index in [0.717, 1.165) is 30.8 Å². The van der Waals surface area contributed by atoms with Crippen LogP contribution < -0.4 is 15.4 Å². The topological polar surface area (TPSA) is 86.8 Å². The number of methoxy groups -OCH3 is 1. The summed E-state index contributed by atoms with van der Waals surface area (Å²) in [6.45, 7) is 3.69. The molecule has 2 heterocycles. The predicted molar refractivity (Wildman–Crippen MR) is 114 cm³/mol. The van der Waals surface area contributed by atoms with Gasteiger partial charge in [-0.15, -0.1) is 11.3 Å². The third-order valence-electron chi connectivity index (χ3n) is 4.77. The smallest absolute Gasteiger partial charge is 0.323 e. The van der Waals surface area contributed by atoms with E-state index in [2.05, 4.69) is 20.5 Å². The largest absolute Gasteiger partial charge is 0.497 e. The summed E-state index contributed by atoms with van der Waals surface area (Å²) in [4.78, 5) is 32.8. The number of urea groups is 1. The molecule has 8 nitrogen and oxygen atoms in total. The average Bonchev–Trinajstić information content (AvgIpc) is 3.15. The first-order valence-corrected chi connectivity index (χ1v) is 10.5. The van der Waals surface area contributed by atoms with Crippen LogP contribution in [-0.2, 0) is 17.6 Å². The summed E-state index contributed by atoms with van der Waals surface area (Å²) in [5.74, 6) is 0.720. The van der Waals surface area contributed by atoms with Crippen LogP contribution in [0.1, 0.15) is 11.3 Å². The molecule has 3 rings (SSSR count). The van der Waals surface area contributed by atoms with E-state index in [1.807, 2.05) is 31.3 Å². The van der Waals surface area contributed by atoms with Gasteiger partial charge in [0.25, 0.3) is 0 Å². The van der Waals surface area contributed by atoms with Gasteiger partial charge in [0.15, 0.2) is 5.13 Å². The van der Waals surface area contributed by atoms with E-state index < -0.39 is 0 Å². The van der Waals surface area contributed by atoms with Crippen LogP contribution in [0.3, 0.4) is 0 Å². The minimum absolute atomic E-state index is 0.0878. The van der Waals surface area contributed by atoms with Gasteiger partial charge in [-0.3, -0.25) is 10.1 Å². The number of nitrogens with zero attached hydrogens (tertiary/aromatic N) is 3. The van der Waals surface area contributed by atoms with Gasteiger partial charge >= 0.3 is 6.03 Å². The number of hydrogen-bond acceptors (Lipinski definition) is 6. The zero-order valence-corrected chi connectivity index (χ0v) is 17.6. The van der Waals surface area contributed by atoms with Gasteiger partial charge in [0.05, 0.1) is 19.2 Å². The van der Waals surface area contributed by atoms with Gasteiger partial charge in [0, 0.05) is 38.1 Å². The number of thiazole rings is 1. The lowest BCUT2D eigenvalue weighted by Crippen LogP contribution is -2.48. The molecule has 1 aliphatic rings. The summed E-state index contributed by atoms with van der Waals surface area (Å²) in [5, 5.41) is 8.06. The maximum absolute atomic E-state index is 12.3. The second kappa shape index (κ2) is 10.2. The Balaban J connectivity index is 1.41. The lowest BCUT2D eigenvalue weighted by atomic mass is 10.1. The fourth-order valence-corrected chi connectivity index (χ4v) is 3.73. The highest BCUT2D eigenvalue weighted by Crippen LogP contribution is 2.17. The fourth-order valence-electron chi connectivity index (χ4n) is 3.03. The molecule has 0 aliphatic carbocycles. The van der Waals surface area contributed by atoms with Crippen LogP contribution in [0.2, 0.25) is 0 Å². The minimum Gasteiger partial charge on any atom is -0.497 e. The van der Waals surface area contributed by atoms with Crippen LogP contribution in [0.4, 0.5) is 9.93 Å². The third-order valence-corrected chi connectivity index (χ3v) is 5.57. The van der Waals surface area contributed by atoms with Crippen LogP contribution >= 0.6 is 11.3 Å². The zero-order valence-electron chi connectivity index (χ0n) is 16.8. The molecular weight excluding hydrogens is 390 g/mol. The van der Waals surface area contributed by atoms with Crippen molar-refractivity contribution in [2.24, 2.45) is 0 Å². The first-order valence-electron chi connectivity index (χ1n) is 9.62. The Labute approximate surface area is 174 Å². The lowest BCUT2D eigenvalue weighted by molar-refractivity contribution is -0.120. The number of piperazine rings is 1. The van der Waals surface area contributed by atoms with E-state index in [1.165, 1.54) is 11.3 Å². The first-order chi connectivity index (χ1) is 14.0. The second-order valence-electron chi connectivity index (χ2n) is 6.99. The highest BCUT2D eigenvalue weighted by atomic mass is 32.1. The molecule has 29 heavy (non-hydrogen) atoms. The van der Waals surface area contributed by atoms with Crippen molar-refractivity contribution >= 4 is 28.4 Å². The normalized spacial score (nSPS) is 14.5. The number of ether oxygens (including phenoxy) is 1. The lowest BCUT2D eigenvalue weighted by Gasteiger charge is -2.32. The van der Waals surface area contributed by atoms with E-state index in [0.29, 0.717) is 30.5 Å². The van der Waals surface area contributed by atoms with Crippen molar-refractivity contribution in [2.45, 2.75) is 12.8 Å². The Morgan fingerprint density at radius 2 is 2.03 bits per heavy atom. The molecule has 0 spiro atoms. The second-order valence-corrected chi connectivity index (χ2v) is 7.85. The molecule has 1 fully saturated rings. The molecule has 0 unspecified atom stereocenters. The third kappa shape index (κ3) is 6.43. The van der Waals surface area contributed by atoms with Gasteiger partial charge in [-0.2, -0.15) is 0 Å². The molecule has 2 N–H and O–H groups in total. The minimum atomic E-state index is -0.137. The Hall–Kier alpha value is -2.65. The number of likely N-dealkylation sites (N-methyl/N-ethyl adjacent to an activating group) is 1. The Kier molecular flexibility index (Phi) is 7.42. The number of amides is 3. The van der Waals surface area contributed by atoms with Gasteiger partial charge in [-0.1, -0.05) is 12.1 Å². The van der Waals surface area contributed by atoms with Crippen LogP contribution in [0, 0.1) is 0 Å². The summed E-state index contributed by atoms with van der Waals surface area (Å²) >= 11 is 1.34. The maximum Gasteiger partial charge on any atom is 0.323 e. The number of anilines is 1. The molecule has 0 saturated carbocycles. The van der Waals surface area contributed by atoms with Gasteiger partial charge in [0.2, 0.25) is 5.91 Å². The molecule has 0 atom stereocenters. The number of carbonyl (C=O) groups excluding carboxylic acids is 2. The molecule has 0 bridgehead atoms. The van der Waals surface area contributed by atoms with Crippen molar-refractivity contribution in [3.8, 4) is 5.75 Å². The summed E-state index contributed by atoms with van der Waals surface area (Å²) in [5.41, 5.74) is 1.76. The van der Waals surface area contributed by atoms with Crippen molar-refractivity contribution < 1.29 is 14.3 Å². The number of aromatic nitrogens is 1. The SMILES string of the molecule is COc1cccc(CCNC(=O)Cc2csc(NC(=O)N3CCN(C)CC3)n2)c1. The summed E-state index contributed by atoms with van der Waals surface area (Å²) in [6, 6.07) is 7.65. The van der Waals surface area contributed by atoms with Crippen molar-refractivity contribution in [1.29, 1.82) is 0 Å². The van der Waals surface area contributed by atoms with Crippen LogP contribution in [0.15, 0.2) is 29.6 Å². The van der Waals surface area contributed by atoms with Crippen LogP contribution in [0.25, 0.3) is 0 Å². The Morgan fingerprint density at radius 3 is 2.79 bits per heavy atom. The molecule has 1 aromatic carbocycles. The van der Waals surface area contributed by atoms with E-state index in [-0.39, 0.29) is 18.4 Å². The molecule has 2 aromatic rings. The van der Waals surface area contributed by atoms with Gasteiger partial charge in [0.1, 0.15) is 5.75 Å². The number of rotatable bonds is 7. The molecule has 3 amide bonds. The van der Waals surface area contributed by atoms with Crippen molar-refractivity contribution in [1.82, 2.24) is 20.1 Å². The van der Waals surface area contributed by atoms with E-state index in [9.17, 15) is 9.59 Å². The van der Waals surface area contributed by atoms with Crippen molar-refractivity contribution in [3.05, 3.63) is 40.9 Å². The van der Waals surface area contributed by atoms with Crippen molar-refractivity contribution in [3.63, 3.8) is 0 Å². The maximum atomic E-state index is 12.3.